The number of hydrogen-bond donors (Lipinski definition) is 0. The van der Waals surface area contributed by atoms with Crippen LogP contribution in [0.5, 0.6) is 0 Å². The van der Waals surface area contributed by atoms with E-state index < -0.39 is 9.84 Å². The lowest BCUT2D eigenvalue weighted by Gasteiger charge is -2.04. The quantitative estimate of drug-likeness (QED) is 0.750. The number of carbonyl (C=O) groups excluding carboxylic acids is 1. The standard InChI is InChI=1S/C12H15ClO3S/c1-10(14)5-2-3-8-17(15,16)12-7-4-6-11(13)9-12/h4,6-7,9H,2-3,5,8H2,1H3. The van der Waals surface area contributed by atoms with Crippen molar-refractivity contribution in [1.29, 1.82) is 0 Å². The van der Waals surface area contributed by atoms with Crippen molar-refractivity contribution in [2.45, 2.75) is 31.1 Å². The Morgan fingerprint density at radius 3 is 2.59 bits per heavy atom. The van der Waals surface area contributed by atoms with E-state index in [9.17, 15) is 13.2 Å². The first-order valence-corrected chi connectivity index (χ1v) is 7.42. The fourth-order valence-corrected chi connectivity index (χ4v) is 3.11. The highest BCUT2D eigenvalue weighted by molar-refractivity contribution is 7.91. The largest absolute Gasteiger partial charge is 0.300 e. The summed E-state index contributed by atoms with van der Waals surface area (Å²) in [5, 5.41) is 0.412. The predicted octanol–water partition coefficient (Wildman–Crippen LogP) is 2.87. The van der Waals surface area contributed by atoms with Crippen LogP contribution in [0, 0.1) is 0 Å². The highest BCUT2D eigenvalue weighted by Crippen LogP contribution is 2.17. The molecule has 0 spiro atoms. The molecule has 0 amide bonds. The summed E-state index contributed by atoms with van der Waals surface area (Å²) in [6, 6.07) is 6.23. The van der Waals surface area contributed by atoms with Gasteiger partial charge in [0.15, 0.2) is 9.84 Å². The molecule has 0 aromatic heterocycles. The summed E-state index contributed by atoms with van der Waals surface area (Å²) in [6.45, 7) is 1.51. The number of hydrogen-bond acceptors (Lipinski definition) is 3. The number of Topliss-reactive ketones (excluding diaryl/α,β-unsaturated/α-hetero) is 1. The summed E-state index contributed by atoms with van der Waals surface area (Å²) < 4.78 is 23.8. The molecule has 1 aromatic rings. The minimum Gasteiger partial charge on any atom is -0.300 e. The van der Waals surface area contributed by atoms with Crippen molar-refractivity contribution in [2.75, 3.05) is 5.75 Å². The van der Waals surface area contributed by atoms with Gasteiger partial charge in [-0.1, -0.05) is 17.7 Å². The van der Waals surface area contributed by atoms with Gasteiger partial charge in [-0.05, 0) is 38.0 Å². The summed E-state index contributed by atoms with van der Waals surface area (Å²) in [7, 11) is -3.28. The molecule has 0 N–H and O–H groups in total. The van der Waals surface area contributed by atoms with E-state index in [1.54, 1.807) is 12.1 Å². The molecule has 0 aliphatic rings. The topological polar surface area (TPSA) is 51.2 Å². The first kappa shape index (κ1) is 14.2. The molecule has 1 aromatic carbocycles. The second-order valence-corrected chi connectivity index (χ2v) is 6.48. The fourth-order valence-electron chi connectivity index (χ4n) is 1.44. The minimum absolute atomic E-state index is 0.0562. The smallest absolute Gasteiger partial charge is 0.178 e. The van der Waals surface area contributed by atoms with Crippen LogP contribution in [0.4, 0.5) is 0 Å². The molecule has 0 unspecified atom stereocenters. The van der Waals surface area contributed by atoms with E-state index in [0.29, 0.717) is 24.3 Å². The molecule has 94 valence electrons. The van der Waals surface area contributed by atoms with Gasteiger partial charge in [-0.15, -0.1) is 0 Å². The monoisotopic (exact) mass is 274 g/mol. The summed E-state index contributed by atoms with van der Waals surface area (Å²) in [5.41, 5.74) is 0. The zero-order valence-corrected chi connectivity index (χ0v) is 11.2. The molecular weight excluding hydrogens is 260 g/mol. The third-order valence-corrected chi connectivity index (χ3v) is 4.38. The van der Waals surface area contributed by atoms with Crippen LogP contribution >= 0.6 is 11.6 Å². The number of ketones is 1. The first-order chi connectivity index (χ1) is 7.92. The van der Waals surface area contributed by atoms with Crippen molar-refractivity contribution in [1.82, 2.24) is 0 Å². The van der Waals surface area contributed by atoms with E-state index >= 15 is 0 Å². The summed E-state index contributed by atoms with van der Waals surface area (Å²) in [5.74, 6) is 0.144. The number of carbonyl (C=O) groups is 1. The predicted molar refractivity (Wildman–Crippen MR) is 68.0 cm³/mol. The van der Waals surface area contributed by atoms with Gasteiger partial charge in [-0.3, -0.25) is 0 Å². The van der Waals surface area contributed by atoms with E-state index in [0.717, 1.165) is 0 Å². The SMILES string of the molecule is CC(=O)CCCCS(=O)(=O)c1cccc(Cl)c1. The zero-order chi connectivity index (χ0) is 12.9. The van der Waals surface area contributed by atoms with Gasteiger partial charge in [0.2, 0.25) is 0 Å². The number of rotatable bonds is 6. The average Bonchev–Trinajstić information content (AvgIpc) is 2.24. The maximum Gasteiger partial charge on any atom is 0.178 e. The Hall–Kier alpha value is -0.870. The summed E-state index contributed by atoms with van der Waals surface area (Å²) in [4.78, 5) is 11.0. The van der Waals surface area contributed by atoms with Crippen LogP contribution in [0.15, 0.2) is 29.2 Å². The van der Waals surface area contributed by atoms with E-state index in [-0.39, 0.29) is 16.4 Å². The molecule has 0 aliphatic heterocycles. The summed E-state index contributed by atoms with van der Waals surface area (Å²) >= 11 is 5.74. The number of sulfone groups is 1. The minimum atomic E-state index is -3.28. The Bertz CT molecular complexity index is 494. The van der Waals surface area contributed by atoms with E-state index in [1.807, 2.05) is 0 Å². The highest BCUT2D eigenvalue weighted by atomic mass is 35.5. The van der Waals surface area contributed by atoms with Gasteiger partial charge in [0.25, 0.3) is 0 Å². The van der Waals surface area contributed by atoms with Crippen LogP contribution in [0.3, 0.4) is 0 Å². The zero-order valence-electron chi connectivity index (χ0n) is 9.65. The molecule has 0 heterocycles. The van der Waals surface area contributed by atoms with Crippen LogP contribution in [-0.2, 0) is 14.6 Å². The lowest BCUT2D eigenvalue weighted by Crippen LogP contribution is -2.07. The highest BCUT2D eigenvalue weighted by Gasteiger charge is 2.14. The molecule has 0 aliphatic carbocycles. The Morgan fingerprint density at radius 2 is 2.00 bits per heavy atom. The molecule has 5 heteroatoms. The molecule has 0 saturated carbocycles. The van der Waals surface area contributed by atoms with Crippen molar-refractivity contribution >= 4 is 27.2 Å². The van der Waals surface area contributed by atoms with Crippen LogP contribution in [0.25, 0.3) is 0 Å². The van der Waals surface area contributed by atoms with Gasteiger partial charge in [0, 0.05) is 11.4 Å². The molecular formula is C12H15ClO3S. The Morgan fingerprint density at radius 1 is 1.29 bits per heavy atom. The number of halogens is 1. The lowest BCUT2D eigenvalue weighted by molar-refractivity contribution is -0.117. The maximum atomic E-state index is 11.9. The van der Waals surface area contributed by atoms with Gasteiger partial charge in [-0.2, -0.15) is 0 Å². The molecule has 0 fully saturated rings. The second kappa shape index (κ2) is 6.17. The van der Waals surface area contributed by atoms with Crippen LogP contribution in [-0.4, -0.2) is 20.0 Å². The summed E-state index contributed by atoms with van der Waals surface area (Å²) in [6.07, 6.45) is 1.54. The Labute approximate surface area is 107 Å². The van der Waals surface area contributed by atoms with Gasteiger partial charge in [0.1, 0.15) is 5.78 Å². The number of benzene rings is 1. The average molecular weight is 275 g/mol. The molecule has 17 heavy (non-hydrogen) atoms. The van der Waals surface area contributed by atoms with Gasteiger partial charge >= 0.3 is 0 Å². The third kappa shape index (κ3) is 4.88. The molecule has 0 radical (unpaired) electrons. The maximum absolute atomic E-state index is 11.9. The molecule has 3 nitrogen and oxygen atoms in total. The fraction of sp³-hybridized carbons (Fsp3) is 0.417. The molecule has 0 atom stereocenters. The Balaban J connectivity index is 2.60. The van der Waals surface area contributed by atoms with Crippen LogP contribution < -0.4 is 0 Å². The molecule has 0 saturated heterocycles. The van der Waals surface area contributed by atoms with Gasteiger partial charge in [-0.25, -0.2) is 8.42 Å². The number of unbranched alkanes of at least 4 members (excludes halogenated alkanes) is 1. The van der Waals surface area contributed by atoms with Crippen molar-refractivity contribution in [3.63, 3.8) is 0 Å². The molecule has 1 rings (SSSR count). The van der Waals surface area contributed by atoms with E-state index in [1.165, 1.54) is 19.1 Å². The van der Waals surface area contributed by atoms with Gasteiger partial charge in [0.05, 0.1) is 10.6 Å². The lowest BCUT2D eigenvalue weighted by atomic mass is 10.2. The van der Waals surface area contributed by atoms with Crippen LogP contribution in [0.2, 0.25) is 5.02 Å². The van der Waals surface area contributed by atoms with Gasteiger partial charge < -0.3 is 4.79 Å². The first-order valence-electron chi connectivity index (χ1n) is 5.39. The van der Waals surface area contributed by atoms with Crippen molar-refractivity contribution in [2.24, 2.45) is 0 Å². The Kier molecular flexibility index (Phi) is 5.15. The normalized spacial score (nSPS) is 11.4. The van der Waals surface area contributed by atoms with Crippen LogP contribution in [0.1, 0.15) is 26.2 Å². The second-order valence-electron chi connectivity index (χ2n) is 3.94. The molecule has 0 bridgehead atoms. The van der Waals surface area contributed by atoms with Crippen molar-refractivity contribution in [3.8, 4) is 0 Å². The van der Waals surface area contributed by atoms with E-state index in [2.05, 4.69) is 0 Å². The van der Waals surface area contributed by atoms with E-state index in [4.69, 9.17) is 11.6 Å². The van der Waals surface area contributed by atoms with Crippen molar-refractivity contribution < 1.29 is 13.2 Å². The third-order valence-electron chi connectivity index (χ3n) is 2.35. The van der Waals surface area contributed by atoms with Crippen molar-refractivity contribution in [3.05, 3.63) is 29.3 Å².